The van der Waals surface area contributed by atoms with Crippen molar-refractivity contribution in [2.75, 3.05) is 18.2 Å². The van der Waals surface area contributed by atoms with E-state index in [-0.39, 0.29) is 23.9 Å². The molecule has 3 N–H and O–H groups in total. The quantitative estimate of drug-likeness (QED) is 0.640. The van der Waals surface area contributed by atoms with Crippen LogP contribution in [-0.2, 0) is 22.5 Å². The standard InChI is InChI=1S/C21H24N4O3/c1-13(2)12-25-19(21(27)28-3)18(16-10-15(22)11-23-20(16)25)24-17(26)9-14-7-5-4-6-8-14/h4-8,10-11,13H,9,12,22H2,1-3H3,(H,24,26). The predicted molar refractivity (Wildman–Crippen MR) is 109 cm³/mol. The zero-order valence-corrected chi connectivity index (χ0v) is 16.2. The van der Waals surface area contributed by atoms with Crippen molar-refractivity contribution in [3.63, 3.8) is 0 Å². The van der Waals surface area contributed by atoms with Crippen molar-refractivity contribution in [1.82, 2.24) is 9.55 Å². The first-order chi connectivity index (χ1) is 13.4. The van der Waals surface area contributed by atoms with Crippen LogP contribution in [-0.4, -0.2) is 28.5 Å². The molecule has 2 aromatic heterocycles. The Balaban J connectivity index is 2.09. The van der Waals surface area contributed by atoms with E-state index in [9.17, 15) is 9.59 Å². The number of rotatable bonds is 6. The van der Waals surface area contributed by atoms with E-state index in [2.05, 4.69) is 10.3 Å². The van der Waals surface area contributed by atoms with E-state index in [0.717, 1.165) is 5.56 Å². The molecule has 0 saturated carbocycles. The zero-order chi connectivity index (χ0) is 20.3. The second kappa shape index (κ2) is 8.12. The predicted octanol–water partition coefficient (Wildman–Crippen LogP) is 3.24. The number of carbonyl (C=O) groups excluding carboxylic acids is 2. The van der Waals surface area contributed by atoms with Crippen LogP contribution in [0.2, 0.25) is 0 Å². The molecule has 0 bridgehead atoms. The average molecular weight is 380 g/mol. The van der Waals surface area contributed by atoms with Gasteiger partial charge in [0.15, 0.2) is 5.69 Å². The highest BCUT2D eigenvalue weighted by Crippen LogP contribution is 2.32. The Kier molecular flexibility index (Phi) is 5.63. The number of pyridine rings is 1. The zero-order valence-electron chi connectivity index (χ0n) is 16.2. The van der Waals surface area contributed by atoms with Crippen LogP contribution in [0.15, 0.2) is 42.6 Å². The smallest absolute Gasteiger partial charge is 0.356 e. The summed E-state index contributed by atoms with van der Waals surface area (Å²) in [5.41, 5.74) is 8.47. The molecule has 0 saturated heterocycles. The highest BCUT2D eigenvalue weighted by molar-refractivity contribution is 6.11. The Bertz CT molecular complexity index is 1010. The van der Waals surface area contributed by atoms with Gasteiger partial charge >= 0.3 is 5.97 Å². The molecule has 3 rings (SSSR count). The van der Waals surface area contributed by atoms with Gasteiger partial charge in [-0.2, -0.15) is 0 Å². The number of nitrogens with one attached hydrogen (secondary N) is 1. The van der Waals surface area contributed by atoms with Crippen molar-refractivity contribution in [2.24, 2.45) is 5.92 Å². The third kappa shape index (κ3) is 3.98. The largest absolute Gasteiger partial charge is 0.464 e. The van der Waals surface area contributed by atoms with Gasteiger partial charge in [0.05, 0.1) is 31.1 Å². The number of nitrogen functional groups attached to an aromatic ring is 1. The van der Waals surface area contributed by atoms with E-state index >= 15 is 0 Å². The molecular formula is C21H24N4O3. The van der Waals surface area contributed by atoms with Gasteiger partial charge in [0, 0.05) is 11.9 Å². The van der Waals surface area contributed by atoms with Crippen LogP contribution in [0.1, 0.15) is 29.9 Å². The number of nitrogens with two attached hydrogens (primary N) is 1. The summed E-state index contributed by atoms with van der Waals surface area (Å²) in [4.78, 5) is 29.7. The number of benzene rings is 1. The number of amides is 1. The second-order valence-corrected chi connectivity index (χ2v) is 7.07. The van der Waals surface area contributed by atoms with E-state index in [0.29, 0.717) is 29.0 Å². The van der Waals surface area contributed by atoms with Gasteiger partial charge in [0.25, 0.3) is 0 Å². The van der Waals surface area contributed by atoms with Gasteiger partial charge in [0.1, 0.15) is 5.65 Å². The number of esters is 1. The Morgan fingerprint density at radius 3 is 2.61 bits per heavy atom. The Labute approximate surface area is 163 Å². The number of methoxy groups -OCH3 is 1. The fourth-order valence-corrected chi connectivity index (χ4v) is 3.18. The fraction of sp³-hybridized carbons (Fsp3) is 0.286. The van der Waals surface area contributed by atoms with E-state index < -0.39 is 5.97 Å². The average Bonchev–Trinajstić information content (AvgIpc) is 2.94. The van der Waals surface area contributed by atoms with Crippen molar-refractivity contribution in [2.45, 2.75) is 26.8 Å². The van der Waals surface area contributed by atoms with Crippen LogP contribution in [0.4, 0.5) is 11.4 Å². The third-order valence-corrected chi connectivity index (χ3v) is 4.32. The van der Waals surface area contributed by atoms with E-state index in [1.807, 2.05) is 44.2 Å². The molecule has 7 heteroatoms. The summed E-state index contributed by atoms with van der Waals surface area (Å²) >= 11 is 0. The minimum Gasteiger partial charge on any atom is -0.464 e. The van der Waals surface area contributed by atoms with Gasteiger partial charge in [-0.05, 0) is 17.5 Å². The Morgan fingerprint density at radius 2 is 1.96 bits per heavy atom. The van der Waals surface area contributed by atoms with Gasteiger partial charge in [0.2, 0.25) is 5.91 Å². The molecule has 2 heterocycles. The highest BCUT2D eigenvalue weighted by atomic mass is 16.5. The SMILES string of the molecule is COC(=O)c1c(NC(=O)Cc2ccccc2)c2cc(N)cnc2n1CC(C)C. The molecule has 1 amide bonds. The summed E-state index contributed by atoms with van der Waals surface area (Å²) in [5.74, 6) is -0.513. The number of hydrogen-bond acceptors (Lipinski definition) is 5. The lowest BCUT2D eigenvalue weighted by Gasteiger charge is -2.12. The molecule has 0 radical (unpaired) electrons. The monoisotopic (exact) mass is 380 g/mol. The van der Waals surface area contributed by atoms with Crippen LogP contribution >= 0.6 is 0 Å². The molecule has 0 atom stereocenters. The van der Waals surface area contributed by atoms with Crippen LogP contribution < -0.4 is 11.1 Å². The summed E-state index contributed by atoms with van der Waals surface area (Å²) in [6.07, 6.45) is 1.73. The summed E-state index contributed by atoms with van der Waals surface area (Å²) in [6, 6.07) is 11.1. The van der Waals surface area contributed by atoms with Gasteiger partial charge < -0.3 is 20.4 Å². The molecule has 0 unspecified atom stereocenters. The first-order valence-corrected chi connectivity index (χ1v) is 9.10. The van der Waals surface area contributed by atoms with Crippen molar-refractivity contribution >= 4 is 34.3 Å². The maximum absolute atomic E-state index is 12.7. The number of anilines is 2. The lowest BCUT2D eigenvalue weighted by Crippen LogP contribution is -2.19. The van der Waals surface area contributed by atoms with Gasteiger partial charge in [-0.25, -0.2) is 9.78 Å². The normalized spacial score (nSPS) is 11.0. The molecule has 28 heavy (non-hydrogen) atoms. The second-order valence-electron chi connectivity index (χ2n) is 7.07. The molecule has 7 nitrogen and oxygen atoms in total. The number of fused-ring (bicyclic) bond motifs is 1. The number of hydrogen-bond donors (Lipinski definition) is 2. The lowest BCUT2D eigenvalue weighted by molar-refractivity contribution is -0.115. The van der Waals surface area contributed by atoms with Crippen molar-refractivity contribution in [3.8, 4) is 0 Å². The molecule has 1 aromatic carbocycles. The molecule has 0 aliphatic rings. The molecule has 0 aliphatic carbocycles. The fourth-order valence-electron chi connectivity index (χ4n) is 3.18. The topological polar surface area (TPSA) is 99.2 Å². The van der Waals surface area contributed by atoms with Crippen molar-refractivity contribution < 1.29 is 14.3 Å². The highest BCUT2D eigenvalue weighted by Gasteiger charge is 2.26. The summed E-state index contributed by atoms with van der Waals surface area (Å²) in [5, 5.41) is 3.50. The maximum atomic E-state index is 12.7. The number of nitrogens with zero attached hydrogens (tertiary/aromatic N) is 2. The van der Waals surface area contributed by atoms with Crippen molar-refractivity contribution in [1.29, 1.82) is 0 Å². The van der Waals surface area contributed by atoms with Crippen LogP contribution in [0.3, 0.4) is 0 Å². The Hall–Kier alpha value is -3.35. The minimum atomic E-state index is -0.535. The third-order valence-electron chi connectivity index (χ3n) is 4.32. The minimum absolute atomic E-state index is 0.189. The van der Waals surface area contributed by atoms with Crippen LogP contribution in [0.25, 0.3) is 11.0 Å². The number of aromatic nitrogens is 2. The van der Waals surface area contributed by atoms with E-state index in [1.165, 1.54) is 13.3 Å². The van der Waals surface area contributed by atoms with Gasteiger partial charge in [-0.3, -0.25) is 4.79 Å². The summed E-state index contributed by atoms with van der Waals surface area (Å²) in [7, 11) is 1.32. The summed E-state index contributed by atoms with van der Waals surface area (Å²) < 4.78 is 6.77. The maximum Gasteiger partial charge on any atom is 0.356 e. The van der Waals surface area contributed by atoms with Gasteiger partial charge in [-0.15, -0.1) is 0 Å². The molecule has 0 fully saturated rings. The Morgan fingerprint density at radius 1 is 1.25 bits per heavy atom. The first kappa shape index (κ1) is 19.4. The molecule has 0 spiro atoms. The summed E-state index contributed by atoms with van der Waals surface area (Å²) in [6.45, 7) is 4.63. The van der Waals surface area contributed by atoms with Crippen LogP contribution in [0.5, 0.6) is 0 Å². The first-order valence-electron chi connectivity index (χ1n) is 9.10. The van der Waals surface area contributed by atoms with Gasteiger partial charge in [-0.1, -0.05) is 44.2 Å². The van der Waals surface area contributed by atoms with E-state index in [1.54, 1.807) is 10.6 Å². The molecule has 0 aliphatic heterocycles. The number of ether oxygens (including phenoxy) is 1. The molecule has 3 aromatic rings. The number of carbonyl (C=O) groups is 2. The lowest BCUT2D eigenvalue weighted by atomic mass is 10.1. The van der Waals surface area contributed by atoms with E-state index in [4.69, 9.17) is 10.5 Å². The van der Waals surface area contributed by atoms with Crippen LogP contribution in [0, 0.1) is 5.92 Å². The molecular weight excluding hydrogens is 356 g/mol. The van der Waals surface area contributed by atoms with Crippen molar-refractivity contribution in [3.05, 3.63) is 53.9 Å². The molecule has 146 valence electrons.